The normalized spacial score (nSPS) is 10.5. The summed E-state index contributed by atoms with van der Waals surface area (Å²) in [7, 11) is 0. The van der Waals surface area contributed by atoms with Crippen molar-refractivity contribution in [3.8, 4) is 11.4 Å². The summed E-state index contributed by atoms with van der Waals surface area (Å²) >= 11 is 1.89. The first kappa shape index (κ1) is 14.8. The molecule has 4 nitrogen and oxygen atoms in total. The van der Waals surface area contributed by atoms with Crippen LogP contribution < -0.4 is 5.32 Å². The lowest BCUT2D eigenvalue weighted by Gasteiger charge is -2.08. The van der Waals surface area contributed by atoms with Gasteiger partial charge in [0, 0.05) is 36.3 Å². The smallest absolute Gasteiger partial charge is 0.163 e. The molecular formula is C15H20N4S. The predicted molar refractivity (Wildman–Crippen MR) is 86.1 cm³/mol. The van der Waals surface area contributed by atoms with Crippen molar-refractivity contribution in [3.05, 3.63) is 36.3 Å². The largest absolute Gasteiger partial charge is 0.370 e. The van der Waals surface area contributed by atoms with E-state index in [0.29, 0.717) is 0 Å². The number of anilines is 1. The number of aromatic nitrogens is 3. The van der Waals surface area contributed by atoms with Crippen molar-refractivity contribution in [2.45, 2.75) is 19.8 Å². The van der Waals surface area contributed by atoms with Crippen molar-refractivity contribution in [1.82, 2.24) is 15.0 Å². The number of pyridine rings is 1. The molecule has 0 spiro atoms. The monoisotopic (exact) mass is 288 g/mol. The molecule has 0 aromatic carbocycles. The Kier molecular flexibility index (Phi) is 5.80. The number of hydrogen-bond donors (Lipinski definition) is 1. The van der Waals surface area contributed by atoms with Gasteiger partial charge in [0.2, 0.25) is 0 Å². The Hall–Kier alpha value is -1.62. The third-order valence-electron chi connectivity index (χ3n) is 2.86. The molecule has 2 heterocycles. The van der Waals surface area contributed by atoms with Gasteiger partial charge in [0.25, 0.3) is 0 Å². The maximum Gasteiger partial charge on any atom is 0.163 e. The summed E-state index contributed by atoms with van der Waals surface area (Å²) in [6.45, 7) is 2.93. The van der Waals surface area contributed by atoms with Crippen LogP contribution in [0.2, 0.25) is 0 Å². The molecule has 2 aromatic rings. The molecular weight excluding hydrogens is 268 g/mol. The molecule has 0 amide bonds. The van der Waals surface area contributed by atoms with Crippen molar-refractivity contribution in [2.24, 2.45) is 0 Å². The highest BCUT2D eigenvalue weighted by molar-refractivity contribution is 7.98. The molecule has 2 rings (SSSR count). The van der Waals surface area contributed by atoms with Gasteiger partial charge >= 0.3 is 0 Å². The third kappa shape index (κ3) is 4.49. The zero-order valence-corrected chi connectivity index (χ0v) is 12.8. The van der Waals surface area contributed by atoms with Crippen LogP contribution in [0.5, 0.6) is 0 Å². The molecule has 5 heteroatoms. The standard InChI is InChI=1S/C15H20N4S/c1-12-10-14(17-8-3-4-9-20-2)19-15(18-12)13-6-5-7-16-11-13/h5-7,10-11H,3-4,8-9H2,1-2H3,(H,17,18,19). The second-order valence-corrected chi connectivity index (χ2v) is 5.57. The van der Waals surface area contributed by atoms with Crippen LogP contribution in [0.4, 0.5) is 5.82 Å². The van der Waals surface area contributed by atoms with E-state index in [0.717, 1.165) is 35.9 Å². The van der Waals surface area contributed by atoms with E-state index >= 15 is 0 Å². The van der Waals surface area contributed by atoms with Gasteiger partial charge in [0.1, 0.15) is 5.82 Å². The Balaban J connectivity index is 2.02. The quantitative estimate of drug-likeness (QED) is 0.791. The fraction of sp³-hybridized carbons (Fsp3) is 0.400. The van der Waals surface area contributed by atoms with E-state index in [-0.39, 0.29) is 0 Å². The Bertz CT molecular complexity index is 531. The highest BCUT2D eigenvalue weighted by Gasteiger charge is 2.04. The molecule has 20 heavy (non-hydrogen) atoms. The van der Waals surface area contributed by atoms with Gasteiger partial charge in [0.05, 0.1) is 0 Å². The van der Waals surface area contributed by atoms with Crippen molar-refractivity contribution < 1.29 is 0 Å². The minimum atomic E-state index is 0.727. The molecule has 106 valence electrons. The van der Waals surface area contributed by atoms with Gasteiger partial charge in [-0.25, -0.2) is 9.97 Å². The first-order valence-corrected chi connectivity index (χ1v) is 8.18. The molecule has 0 unspecified atom stereocenters. The maximum atomic E-state index is 4.55. The summed E-state index contributed by atoms with van der Waals surface area (Å²) in [6.07, 6.45) is 8.07. The molecule has 0 saturated carbocycles. The van der Waals surface area contributed by atoms with E-state index in [1.165, 1.54) is 12.2 Å². The number of thioether (sulfide) groups is 1. The summed E-state index contributed by atoms with van der Waals surface area (Å²) in [4.78, 5) is 13.1. The lowest BCUT2D eigenvalue weighted by Crippen LogP contribution is -2.05. The number of nitrogens with zero attached hydrogens (tertiary/aromatic N) is 3. The minimum Gasteiger partial charge on any atom is -0.370 e. The summed E-state index contributed by atoms with van der Waals surface area (Å²) in [5.41, 5.74) is 1.91. The van der Waals surface area contributed by atoms with Gasteiger partial charge in [-0.15, -0.1) is 0 Å². The van der Waals surface area contributed by atoms with Gasteiger partial charge in [-0.3, -0.25) is 4.98 Å². The Morgan fingerprint density at radius 2 is 2.15 bits per heavy atom. The minimum absolute atomic E-state index is 0.727. The lowest BCUT2D eigenvalue weighted by molar-refractivity contribution is 0.839. The van der Waals surface area contributed by atoms with Crippen LogP contribution in [0.3, 0.4) is 0 Å². The van der Waals surface area contributed by atoms with E-state index in [1.807, 2.05) is 36.9 Å². The Labute approximate surface area is 124 Å². The van der Waals surface area contributed by atoms with Crippen LogP contribution in [-0.2, 0) is 0 Å². The topological polar surface area (TPSA) is 50.7 Å². The van der Waals surface area contributed by atoms with E-state index in [2.05, 4.69) is 26.5 Å². The van der Waals surface area contributed by atoms with Crippen molar-refractivity contribution in [3.63, 3.8) is 0 Å². The average molecular weight is 288 g/mol. The molecule has 1 N–H and O–H groups in total. The van der Waals surface area contributed by atoms with Crippen LogP contribution in [0.25, 0.3) is 11.4 Å². The van der Waals surface area contributed by atoms with Gasteiger partial charge in [-0.05, 0) is 43.9 Å². The zero-order valence-electron chi connectivity index (χ0n) is 12.0. The molecule has 0 atom stereocenters. The maximum absolute atomic E-state index is 4.55. The fourth-order valence-electron chi connectivity index (χ4n) is 1.87. The summed E-state index contributed by atoms with van der Waals surface area (Å²) in [5, 5.41) is 3.37. The van der Waals surface area contributed by atoms with Crippen LogP contribution in [-0.4, -0.2) is 33.5 Å². The van der Waals surface area contributed by atoms with Gasteiger partial charge in [-0.2, -0.15) is 11.8 Å². The van der Waals surface area contributed by atoms with E-state index in [4.69, 9.17) is 0 Å². The number of nitrogens with one attached hydrogen (secondary N) is 1. The number of aryl methyl sites for hydroxylation is 1. The van der Waals surface area contributed by atoms with E-state index in [1.54, 1.807) is 12.4 Å². The lowest BCUT2D eigenvalue weighted by atomic mass is 10.2. The van der Waals surface area contributed by atoms with E-state index in [9.17, 15) is 0 Å². The van der Waals surface area contributed by atoms with E-state index < -0.39 is 0 Å². The highest BCUT2D eigenvalue weighted by Crippen LogP contribution is 2.16. The van der Waals surface area contributed by atoms with Gasteiger partial charge in [0.15, 0.2) is 5.82 Å². The second kappa shape index (κ2) is 7.85. The van der Waals surface area contributed by atoms with Crippen LogP contribution in [0.15, 0.2) is 30.6 Å². The van der Waals surface area contributed by atoms with Gasteiger partial charge < -0.3 is 5.32 Å². The molecule has 0 aliphatic heterocycles. The first-order chi connectivity index (χ1) is 9.79. The SMILES string of the molecule is CSCCCCNc1cc(C)nc(-c2cccnc2)n1. The van der Waals surface area contributed by atoms with Gasteiger partial charge in [-0.1, -0.05) is 0 Å². The number of unbranched alkanes of at least 4 members (excludes halogenated alkanes) is 1. The van der Waals surface area contributed by atoms with Crippen molar-refractivity contribution >= 4 is 17.6 Å². The van der Waals surface area contributed by atoms with Crippen molar-refractivity contribution in [2.75, 3.05) is 23.9 Å². The molecule has 0 aliphatic carbocycles. The molecule has 2 aromatic heterocycles. The fourth-order valence-corrected chi connectivity index (χ4v) is 2.36. The average Bonchev–Trinajstić information content (AvgIpc) is 2.47. The van der Waals surface area contributed by atoms with Crippen LogP contribution >= 0.6 is 11.8 Å². The molecule has 0 bridgehead atoms. The highest BCUT2D eigenvalue weighted by atomic mass is 32.2. The molecule has 0 aliphatic rings. The summed E-state index contributed by atoms with van der Waals surface area (Å²) in [5.74, 6) is 2.83. The third-order valence-corrected chi connectivity index (χ3v) is 3.55. The number of rotatable bonds is 7. The predicted octanol–water partition coefficient (Wildman–Crippen LogP) is 3.40. The second-order valence-electron chi connectivity index (χ2n) is 4.59. The summed E-state index contributed by atoms with van der Waals surface area (Å²) < 4.78 is 0. The van der Waals surface area contributed by atoms with Crippen molar-refractivity contribution in [1.29, 1.82) is 0 Å². The van der Waals surface area contributed by atoms with Crippen LogP contribution in [0.1, 0.15) is 18.5 Å². The number of hydrogen-bond acceptors (Lipinski definition) is 5. The zero-order chi connectivity index (χ0) is 14.2. The Morgan fingerprint density at radius 1 is 1.25 bits per heavy atom. The summed E-state index contributed by atoms with van der Waals surface area (Å²) in [6, 6.07) is 5.86. The Morgan fingerprint density at radius 3 is 2.90 bits per heavy atom. The first-order valence-electron chi connectivity index (χ1n) is 6.78. The van der Waals surface area contributed by atoms with Crippen LogP contribution in [0, 0.1) is 6.92 Å². The molecule has 0 radical (unpaired) electrons. The molecule has 0 fully saturated rings. The molecule has 0 saturated heterocycles.